The number of carbonyl (C=O) groups excluding carboxylic acids is 1. The second-order valence-electron chi connectivity index (χ2n) is 5.49. The van der Waals surface area contributed by atoms with E-state index in [4.69, 9.17) is 0 Å². The Morgan fingerprint density at radius 3 is 2.86 bits per heavy atom. The molecule has 0 bridgehead atoms. The molecule has 1 aliphatic carbocycles. The second kappa shape index (κ2) is 6.68. The van der Waals surface area contributed by atoms with E-state index in [2.05, 4.69) is 5.32 Å². The molecule has 0 radical (unpaired) electrons. The van der Waals surface area contributed by atoms with Crippen LogP contribution in [0.5, 0.6) is 0 Å². The van der Waals surface area contributed by atoms with Crippen LogP contribution in [0.1, 0.15) is 30.6 Å². The summed E-state index contributed by atoms with van der Waals surface area (Å²) < 4.78 is 38.2. The van der Waals surface area contributed by atoms with Crippen molar-refractivity contribution in [2.75, 3.05) is 7.05 Å². The van der Waals surface area contributed by atoms with Gasteiger partial charge in [0.25, 0.3) is 0 Å². The van der Waals surface area contributed by atoms with Crippen LogP contribution in [0.25, 0.3) is 0 Å². The summed E-state index contributed by atoms with van der Waals surface area (Å²) in [6.45, 7) is 0.471. The van der Waals surface area contributed by atoms with E-state index in [1.165, 1.54) is 4.90 Å². The molecule has 2 amide bonds. The molecular weight excluding hydrogens is 301 g/mol. The highest BCUT2D eigenvalue weighted by Crippen LogP contribution is 2.37. The molecule has 1 aromatic heterocycles. The van der Waals surface area contributed by atoms with Gasteiger partial charge in [0, 0.05) is 18.0 Å². The summed E-state index contributed by atoms with van der Waals surface area (Å²) in [6.07, 6.45) is -2.88. The number of urea groups is 1. The standard InChI is InChI=1S/C14H19F3N2OS/c1-19(9-12-6-3-7-21-12)13(20)18-11-5-2-4-10(8-11)14(15,16)17/h3,6-7,10-11H,2,4-5,8-9H2,1H3,(H,18,20)/t10-,11-/m0/s1. The van der Waals surface area contributed by atoms with Crippen LogP contribution < -0.4 is 5.32 Å². The molecule has 0 saturated heterocycles. The third-order valence-corrected chi connectivity index (χ3v) is 4.65. The van der Waals surface area contributed by atoms with Gasteiger partial charge in [-0.2, -0.15) is 13.2 Å². The molecule has 2 rings (SSSR count). The number of halogens is 3. The van der Waals surface area contributed by atoms with Gasteiger partial charge in [-0.3, -0.25) is 0 Å². The van der Waals surface area contributed by atoms with E-state index in [-0.39, 0.29) is 24.9 Å². The van der Waals surface area contributed by atoms with E-state index in [0.717, 1.165) is 4.88 Å². The van der Waals surface area contributed by atoms with Crippen molar-refractivity contribution in [3.63, 3.8) is 0 Å². The highest BCUT2D eigenvalue weighted by atomic mass is 32.1. The third-order valence-electron chi connectivity index (χ3n) is 3.78. The van der Waals surface area contributed by atoms with Crippen molar-refractivity contribution in [3.8, 4) is 0 Å². The van der Waals surface area contributed by atoms with Gasteiger partial charge in [0.2, 0.25) is 0 Å². The van der Waals surface area contributed by atoms with Crippen molar-refractivity contribution >= 4 is 17.4 Å². The minimum absolute atomic E-state index is 0.0118. The number of nitrogens with zero attached hydrogens (tertiary/aromatic N) is 1. The first-order valence-corrected chi connectivity index (χ1v) is 7.85. The molecule has 118 valence electrons. The van der Waals surface area contributed by atoms with Crippen LogP contribution in [0.15, 0.2) is 17.5 Å². The molecule has 0 aliphatic heterocycles. The van der Waals surface area contributed by atoms with E-state index in [0.29, 0.717) is 19.4 Å². The molecule has 1 aliphatic rings. The largest absolute Gasteiger partial charge is 0.391 e. The van der Waals surface area contributed by atoms with E-state index < -0.39 is 12.1 Å². The highest BCUT2D eigenvalue weighted by Gasteiger charge is 2.42. The normalized spacial score (nSPS) is 22.9. The van der Waals surface area contributed by atoms with Gasteiger partial charge in [-0.25, -0.2) is 4.79 Å². The fourth-order valence-electron chi connectivity index (χ4n) is 2.61. The summed E-state index contributed by atoms with van der Waals surface area (Å²) in [5.41, 5.74) is 0. The van der Waals surface area contributed by atoms with Gasteiger partial charge in [0.05, 0.1) is 12.5 Å². The predicted octanol–water partition coefficient (Wildman–Crippen LogP) is 4.01. The molecule has 0 spiro atoms. The number of hydrogen-bond acceptors (Lipinski definition) is 2. The fraction of sp³-hybridized carbons (Fsp3) is 0.643. The maximum Gasteiger partial charge on any atom is 0.391 e. The van der Waals surface area contributed by atoms with E-state index >= 15 is 0 Å². The molecule has 7 heteroatoms. The number of hydrogen-bond donors (Lipinski definition) is 1. The Morgan fingerprint density at radius 2 is 2.24 bits per heavy atom. The number of carbonyl (C=O) groups is 1. The fourth-order valence-corrected chi connectivity index (χ4v) is 3.37. The molecule has 1 N–H and O–H groups in total. The number of rotatable bonds is 3. The summed E-state index contributed by atoms with van der Waals surface area (Å²) in [5.74, 6) is -1.29. The van der Waals surface area contributed by atoms with Crippen LogP contribution >= 0.6 is 11.3 Å². The maximum absolute atomic E-state index is 12.7. The predicted molar refractivity (Wildman–Crippen MR) is 76.1 cm³/mol. The molecular formula is C14H19F3N2OS. The molecule has 21 heavy (non-hydrogen) atoms. The Morgan fingerprint density at radius 1 is 1.48 bits per heavy atom. The van der Waals surface area contributed by atoms with Crippen LogP contribution in [0.3, 0.4) is 0 Å². The molecule has 2 atom stereocenters. The first-order chi connectivity index (χ1) is 9.86. The Labute approximate surface area is 126 Å². The first-order valence-electron chi connectivity index (χ1n) is 6.97. The summed E-state index contributed by atoms with van der Waals surface area (Å²) in [5, 5.41) is 4.65. The zero-order chi connectivity index (χ0) is 15.5. The van der Waals surface area contributed by atoms with Crippen LogP contribution in [-0.2, 0) is 6.54 Å². The van der Waals surface area contributed by atoms with Gasteiger partial charge in [-0.05, 0) is 30.7 Å². The SMILES string of the molecule is CN(Cc1cccs1)C(=O)N[C@H]1CCC[C@H](C(F)(F)F)C1. The lowest BCUT2D eigenvalue weighted by atomic mass is 9.85. The van der Waals surface area contributed by atoms with Crippen molar-refractivity contribution in [1.82, 2.24) is 10.2 Å². The zero-order valence-electron chi connectivity index (χ0n) is 11.8. The number of amides is 2. The minimum Gasteiger partial charge on any atom is -0.335 e. The van der Waals surface area contributed by atoms with Crippen molar-refractivity contribution in [3.05, 3.63) is 22.4 Å². The van der Waals surface area contributed by atoms with Gasteiger partial charge >= 0.3 is 12.2 Å². The van der Waals surface area contributed by atoms with Crippen molar-refractivity contribution in [1.29, 1.82) is 0 Å². The summed E-state index contributed by atoms with van der Waals surface area (Å²) in [6, 6.07) is 3.13. The topological polar surface area (TPSA) is 32.3 Å². The summed E-state index contributed by atoms with van der Waals surface area (Å²) in [7, 11) is 1.65. The molecule has 1 saturated carbocycles. The average molecular weight is 320 g/mol. The molecule has 3 nitrogen and oxygen atoms in total. The first kappa shape index (κ1) is 16.1. The molecule has 1 heterocycles. The van der Waals surface area contributed by atoms with E-state index in [1.807, 2.05) is 17.5 Å². The molecule has 1 aromatic rings. The van der Waals surface area contributed by atoms with E-state index in [9.17, 15) is 18.0 Å². The van der Waals surface area contributed by atoms with Crippen molar-refractivity contribution < 1.29 is 18.0 Å². The Hall–Kier alpha value is -1.24. The average Bonchev–Trinajstić information content (AvgIpc) is 2.91. The van der Waals surface area contributed by atoms with Crippen LogP contribution in [0.4, 0.5) is 18.0 Å². The maximum atomic E-state index is 12.7. The van der Waals surface area contributed by atoms with Gasteiger partial charge in [-0.15, -0.1) is 11.3 Å². The molecule has 0 unspecified atom stereocenters. The Balaban J connectivity index is 1.84. The quantitative estimate of drug-likeness (QED) is 0.896. The zero-order valence-corrected chi connectivity index (χ0v) is 12.6. The lowest BCUT2D eigenvalue weighted by Gasteiger charge is -2.32. The van der Waals surface area contributed by atoms with Gasteiger partial charge in [-0.1, -0.05) is 12.5 Å². The Kier molecular flexibility index (Phi) is 5.13. The highest BCUT2D eigenvalue weighted by molar-refractivity contribution is 7.09. The summed E-state index contributed by atoms with van der Waals surface area (Å²) in [4.78, 5) is 14.6. The van der Waals surface area contributed by atoms with Crippen molar-refractivity contribution in [2.45, 2.75) is 44.4 Å². The van der Waals surface area contributed by atoms with Crippen LogP contribution in [0, 0.1) is 5.92 Å². The lowest BCUT2D eigenvalue weighted by Crippen LogP contribution is -2.46. The molecule has 1 fully saturated rings. The monoisotopic (exact) mass is 320 g/mol. The van der Waals surface area contributed by atoms with Gasteiger partial charge < -0.3 is 10.2 Å². The van der Waals surface area contributed by atoms with Gasteiger partial charge in [0.1, 0.15) is 0 Å². The Bertz CT molecular complexity index is 461. The number of thiophene rings is 1. The van der Waals surface area contributed by atoms with Crippen molar-refractivity contribution in [2.24, 2.45) is 5.92 Å². The minimum atomic E-state index is -4.16. The van der Waals surface area contributed by atoms with Crippen LogP contribution in [-0.4, -0.2) is 30.2 Å². The van der Waals surface area contributed by atoms with Crippen LogP contribution in [0.2, 0.25) is 0 Å². The molecule has 0 aromatic carbocycles. The van der Waals surface area contributed by atoms with Gasteiger partial charge in [0.15, 0.2) is 0 Å². The lowest BCUT2D eigenvalue weighted by molar-refractivity contribution is -0.183. The third kappa shape index (κ3) is 4.62. The number of nitrogens with one attached hydrogen (secondary N) is 1. The second-order valence-corrected chi connectivity index (χ2v) is 6.52. The number of alkyl halides is 3. The van der Waals surface area contributed by atoms with E-state index in [1.54, 1.807) is 18.4 Å². The smallest absolute Gasteiger partial charge is 0.335 e. The summed E-state index contributed by atoms with van der Waals surface area (Å²) >= 11 is 1.55.